The summed E-state index contributed by atoms with van der Waals surface area (Å²) in [5.74, 6) is 0.771. The minimum absolute atomic E-state index is 0.163. The van der Waals surface area contributed by atoms with Gasteiger partial charge in [-0.15, -0.1) is 0 Å². The second-order valence-corrected chi connectivity index (χ2v) is 4.84. The van der Waals surface area contributed by atoms with Gasteiger partial charge in [0.15, 0.2) is 5.78 Å². The Morgan fingerprint density at radius 2 is 1.94 bits per heavy atom. The average Bonchev–Trinajstić information content (AvgIpc) is 2.38. The van der Waals surface area contributed by atoms with Crippen LogP contribution in [0.1, 0.15) is 55.8 Å². The molecule has 0 N–H and O–H groups in total. The zero-order valence-electron chi connectivity index (χ0n) is 11.2. The van der Waals surface area contributed by atoms with Crippen molar-refractivity contribution < 1.29 is 9.53 Å². The van der Waals surface area contributed by atoms with Crippen LogP contribution in [0.2, 0.25) is 5.02 Å². The van der Waals surface area contributed by atoms with Crippen molar-refractivity contribution in [1.29, 1.82) is 0 Å². The Hall–Kier alpha value is -1.02. The zero-order valence-corrected chi connectivity index (χ0v) is 11.9. The summed E-state index contributed by atoms with van der Waals surface area (Å²) in [5.41, 5.74) is 0.677. The molecule has 0 radical (unpaired) electrons. The Balaban J connectivity index is 2.44. The first-order chi connectivity index (χ1) is 8.69. The fraction of sp³-hybridized carbons (Fsp3) is 0.533. The molecule has 1 aromatic rings. The first-order valence-electron chi connectivity index (χ1n) is 6.55. The van der Waals surface area contributed by atoms with Gasteiger partial charge in [0.2, 0.25) is 0 Å². The molecule has 0 spiro atoms. The molecule has 0 heterocycles. The summed E-state index contributed by atoms with van der Waals surface area (Å²) >= 11 is 6.00. The summed E-state index contributed by atoms with van der Waals surface area (Å²) in [6.45, 7) is 2.19. The lowest BCUT2D eigenvalue weighted by Crippen LogP contribution is -1.99. The number of carbonyl (C=O) groups is 1. The molecule has 18 heavy (non-hydrogen) atoms. The van der Waals surface area contributed by atoms with Crippen molar-refractivity contribution in [3.05, 3.63) is 28.8 Å². The molecule has 0 atom stereocenters. The molecular formula is C15H21ClO2. The van der Waals surface area contributed by atoms with Gasteiger partial charge in [-0.25, -0.2) is 0 Å². The van der Waals surface area contributed by atoms with Gasteiger partial charge in [0, 0.05) is 12.0 Å². The minimum Gasteiger partial charge on any atom is -0.495 e. The van der Waals surface area contributed by atoms with Gasteiger partial charge in [-0.1, -0.05) is 44.2 Å². The van der Waals surface area contributed by atoms with E-state index in [1.807, 2.05) is 0 Å². The van der Waals surface area contributed by atoms with Crippen LogP contribution in [0.4, 0.5) is 0 Å². The fourth-order valence-corrected chi connectivity index (χ4v) is 2.13. The van der Waals surface area contributed by atoms with Gasteiger partial charge in [-0.2, -0.15) is 0 Å². The van der Waals surface area contributed by atoms with Crippen molar-refractivity contribution >= 4 is 17.4 Å². The molecule has 0 fully saturated rings. The summed E-state index contributed by atoms with van der Waals surface area (Å²) in [6, 6.07) is 5.21. The van der Waals surface area contributed by atoms with Gasteiger partial charge in [-0.05, 0) is 24.6 Å². The molecular weight excluding hydrogens is 248 g/mol. The SMILES string of the molecule is CCCCCCCC(=O)c1ccc(OC)c(Cl)c1. The molecule has 0 saturated carbocycles. The second kappa shape index (κ2) is 8.15. The summed E-state index contributed by atoms with van der Waals surface area (Å²) < 4.78 is 5.06. The number of halogens is 1. The van der Waals surface area contributed by atoms with Crippen LogP contribution in [0.25, 0.3) is 0 Å². The molecule has 0 bridgehead atoms. The van der Waals surface area contributed by atoms with Crippen LogP contribution < -0.4 is 4.74 Å². The molecule has 0 saturated heterocycles. The molecule has 1 aromatic carbocycles. The lowest BCUT2D eigenvalue weighted by atomic mass is 10.0. The number of ether oxygens (including phenoxy) is 1. The second-order valence-electron chi connectivity index (χ2n) is 4.44. The zero-order chi connectivity index (χ0) is 13.4. The molecule has 0 aliphatic carbocycles. The molecule has 1 rings (SSSR count). The van der Waals surface area contributed by atoms with E-state index in [2.05, 4.69) is 6.92 Å². The largest absolute Gasteiger partial charge is 0.495 e. The first-order valence-corrected chi connectivity index (χ1v) is 6.93. The van der Waals surface area contributed by atoms with E-state index in [1.165, 1.54) is 19.3 Å². The minimum atomic E-state index is 0.163. The van der Waals surface area contributed by atoms with E-state index in [0.717, 1.165) is 12.8 Å². The third-order valence-corrected chi connectivity index (χ3v) is 3.28. The highest BCUT2D eigenvalue weighted by Gasteiger charge is 2.08. The number of ketones is 1. The fourth-order valence-electron chi connectivity index (χ4n) is 1.87. The van der Waals surface area contributed by atoms with E-state index in [4.69, 9.17) is 16.3 Å². The van der Waals surface area contributed by atoms with Crippen LogP contribution in [-0.4, -0.2) is 12.9 Å². The van der Waals surface area contributed by atoms with Gasteiger partial charge < -0.3 is 4.74 Å². The summed E-state index contributed by atoms with van der Waals surface area (Å²) in [7, 11) is 1.57. The van der Waals surface area contributed by atoms with Crippen LogP contribution >= 0.6 is 11.6 Å². The highest BCUT2D eigenvalue weighted by Crippen LogP contribution is 2.25. The maximum Gasteiger partial charge on any atom is 0.162 e. The highest BCUT2D eigenvalue weighted by molar-refractivity contribution is 6.32. The van der Waals surface area contributed by atoms with E-state index < -0.39 is 0 Å². The van der Waals surface area contributed by atoms with Crippen molar-refractivity contribution in [3.63, 3.8) is 0 Å². The standard InChI is InChI=1S/C15H21ClO2/c1-3-4-5-6-7-8-14(17)12-9-10-15(18-2)13(16)11-12/h9-11H,3-8H2,1-2H3. The number of carbonyl (C=O) groups excluding carboxylic acids is 1. The third kappa shape index (κ3) is 4.69. The van der Waals surface area contributed by atoms with E-state index in [-0.39, 0.29) is 5.78 Å². The van der Waals surface area contributed by atoms with Crippen LogP contribution in [0.5, 0.6) is 5.75 Å². The van der Waals surface area contributed by atoms with Crippen molar-refractivity contribution in [2.45, 2.75) is 45.4 Å². The van der Waals surface area contributed by atoms with Crippen molar-refractivity contribution in [2.24, 2.45) is 0 Å². The molecule has 100 valence electrons. The van der Waals surface area contributed by atoms with Gasteiger partial charge in [-0.3, -0.25) is 4.79 Å². The van der Waals surface area contributed by atoms with Crippen molar-refractivity contribution in [2.75, 3.05) is 7.11 Å². The molecule has 3 heteroatoms. The first kappa shape index (κ1) is 15.0. The van der Waals surface area contributed by atoms with E-state index >= 15 is 0 Å². The number of rotatable bonds is 8. The summed E-state index contributed by atoms with van der Waals surface area (Å²) in [4.78, 5) is 11.9. The van der Waals surface area contributed by atoms with Gasteiger partial charge in [0.05, 0.1) is 12.1 Å². The molecule has 0 amide bonds. The quantitative estimate of drug-likeness (QED) is 0.495. The Bertz CT molecular complexity index is 388. The Morgan fingerprint density at radius 3 is 2.56 bits per heavy atom. The molecule has 0 aliphatic heterocycles. The predicted octanol–water partition coefficient (Wildman–Crippen LogP) is 4.89. The van der Waals surface area contributed by atoms with Gasteiger partial charge in [0.1, 0.15) is 5.75 Å². The van der Waals surface area contributed by atoms with E-state index in [0.29, 0.717) is 22.8 Å². The summed E-state index contributed by atoms with van der Waals surface area (Å²) in [5, 5.41) is 0.495. The Labute approximate surface area is 114 Å². The van der Waals surface area contributed by atoms with Crippen LogP contribution in [-0.2, 0) is 0 Å². The lowest BCUT2D eigenvalue weighted by molar-refractivity contribution is 0.0979. The molecule has 0 aromatic heterocycles. The molecule has 2 nitrogen and oxygen atoms in total. The monoisotopic (exact) mass is 268 g/mol. The number of benzene rings is 1. The summed E-state index contributed by atoms with van der Waals surface area (Å²) in [6.07, 6.45) is 6.38. The van der Waals surface area contributed by atoms with E-state index in [1.54, 1.807) is 25.3 Å². The Kier molecular flexibility index (Phi) is 6.81. The number of Topliss-reactive ketones (excluding diaryl/α,β-unsaturated/α-hetero) is 1. The number of hydrogen-bond acceptors (Lipinski definition) is 2. The van der Waals surface area contributed by atoms with Crippen molar-refractivity contribution in [3.8, 4) is 5.75 Å². The van der Waals surface area contributed by atoms with Gasteiger partial charge in [0.25, 0.3) is 0 Å². The third-order valence-electron chi connectivity index (χ3n) is 2.98. The average molecular weight is 269 g/mol. The van der Waals surface area contributed by atoms with Crippen molar-refractivity contribution in [1.82, 2.24) is 0 Å². The number of unbranched alkanes of at least 4 members (excludes halogenated alkanes) is 4. The molecule has 0 aliphatic rings. The van der Waals surface area contributed by atoms with Crippen LogP contribution in [0.3, 0.4) is 0 Å². The van der Waals surface area contributed by atoms with E-state index in [9.17, 15) is 4.79 Å². The number of hydrogen-bond donors (Lipinski definition) is 0. The lowest BCUT2D eigenvalue weighted by Gasteiger charge is -2.05. The maximum absolute atomic E-state index is 11.9. The van der Waals surface area contributed by atoms with Crippen LogP contribution in [0.15, 0.2) is 18.2 Å². The molecule has 0 unspecified atom stereocenters. The van der Waals surface area contributed by atoms with Gasteiger partial charge >= 0.3 is 0 Å². The predicted molar refractivity (Wildman–Crippen MR) is 75.7 cm³/mol. The van der Waals surface area contributed by atoms with Crippen LogP contribution in [0, 0.1) is 0 Å². The smallest absolute Gasteiger partial charge is 0.162 e. The normalized spacial score (nSPS) is 10.4. The number of methoxy groups -OCH3 is 1. The Morgan fingerprint density at radius 1 is 1.22 bits per heavy atom. The highest BCUT2D eigenvalue weighted by atomic mass is 35.5. The maximum atomic E-state index is 11.9. The topological polar surface area (TPSA) is 26.3 Å².